The molecule has 0 spiro atoms. The van der Waals surface area contributed by atoms with Crippen molar-refractivity contribution in [1.82, 2.24) is 4.98 Å². The van der Waals surface area contributed by atoms with Crippen molar-refractivity contribution in [2.75, 3.05) is 12.4 Å². The van der Waals surface area contributed by atoms with Gasteiger partial charge in [0.1, 0.15) is 11.4 Å². The van der Waals surface area contributed by atoms with Gasteiger partial charge in [0.25, 0.3) is 0 Å². The maximum absolute atomic E-state index is 11.6. The molecule has 1 heterocycles. The van der Waals surface area contributed by atoms with E-state index in [0.717, 1.165) is 12.8 Å². The van der Waals surface area contributed by atoms with Crippen molar-refractivity contribution >= 4 is 11.8 Å². The van der Waals surface area contributed by atoms with Crippen LogP contribution in [0.4, 0.5) is 5.82 Å². The molecule has 0 aromatic carbocycles. The largest absolute Gasteiger partial charge is 0.465 e. The van der Waals surface area contributed by atoms with E-state index in [9.17, 15) is 4.79 Å². The lowest BCUT2D eigenvalue weighted by Crippen LogP contribution is -2.20. The smallest absolute Gasteiger partial charge is 0.341 e. The summed E-state index contributed by atoms with van der Waals surface area (Å²) in [5.74, 6) is 0.287. The lowest BCUT2D eigenvalue weighted by Gasteiger charge is -2.19. The van der Waals surface area contributed by atoms with E-state index in [-0.39, 0.29) is 5.97 Å². The van der Waals surface area contributed by atoms with Gasteiger partial charge in [0.05, 0.1) is 7.11 Å². The Morgan fingerprint density at radius 2 is 2.33 bits per heavy atom. The van der Waals surface area contributed by atoms with Crippen LogP contribution in [0.1, 0.15) is 43.5 Å². The van der Waals surface area contributed by atoms with Crippen molar-refractivity contribution in [3.63, 3.8) is 0 Å². The molecule has 0 saturated heterocycles. The highest BCUT2D eigenvalue weighted by Gasteiger charge is 2.31. The fourth-order valence-corrected chi connectivity index (χ4v) is 2.55. The van der Waals surface area contributed by atoms with Crippen LogP contribution >= 0.6 is 0 Å². The van der Waals surface area contributed by atoms with Crippen LogP contribution in [-0.2, 0) is 4.74 Å². The maximum atomic E-state index is 11.6. The number of nitrogens with one attached hydrogen (secondary N) is 1. The molecule has 0 aliphatic heterocycles. The highest BCUT2D eigenvalue weighted by Crippen LogP contribution is 2.38. The average molecular weight is 248 g/mol. The number of pyridine rings is 1. The van der Waals surface area contributed by atoms with Crippen molar-refractivity contribution < 1.29 is 9.53 Å². The minimum Gasteiger partial charge on any atom is -0.465 e. The fourth-order valence-electron chi connectivity index (χ4n) is 2.55. The van der Waals surface area contributed by atoms with Crippen LogP contribution in [0.15, 0.2) is 18.3 Å². The molecule has 0 radical (unpaired) electrons. The molecule has 1 aromatic heterocycles. The summed E-state index contributed by atoms with van der Waals surface area (Å²) >= 11 is 0. The molecule has 1 aromatic rings. The van der Waals surface area contributed by atoms with E-state index in [4.69, 9.17) is 4.74 Å². The van der Waals surface area contributed by atoms with E-state index >= 15 is 0 Å². The lowest BCUT2D eigenvalue weighted by molar-refractivity contribution is 0.0601. The van der Waals surface area contributed by atoms with Gasteiger partial charge < -0.3 is 10.1 Å². The number of anilines is 1. The van der Waals surface area contributed by atoms with E-state index in [1.807, 2.05) is 0 Å². The second-order valence-corrected chi connectivity index (χ2v) is 5.64. The molecule has 1 unspecified atom stereocenters. The van der Waals surface area contributed by atoms with Crippen LogP contribution < -0.4 is 5.32 Å². The monoisotopic (exact) mass is 248 g/mol. The number of ether oxygens (including phenoxy) is 1. The van der Waals surface area contributed by atoms with Crippen LogP contribution in [0.3, 0.4) is 0 Å². The molecule has 1 aliphatic rings. The van der Waals surface area contributed by atoms with E-state index < -0.39 is 0 Å². The highest BCUT2D eigenvalue weighted by molar-refractivity contribution is 5.94. The Labute approximate surface area is 108 Å². The molecular formula is C14H20N2O2. The summed E-state index contributed by atoms with van der Waals surface area (Å²) in [6, 6.07) is 3.87. The lowest BCUT2D eigenvalue weighted by atomic mass is 9.92. The first-order chi connectivity index (χ1) is 8.52. The van der Waals surface area contributed by atoms with Crippen molar-refractivity contribution in [2.24, 2.45) is 5.41 Å². The molecule has 4 heteroatoms. The van der Waals surface area contributed by atoms with E-state index in [0.29, 0.717) is 22.8 Å². The van der Waals surface area contributed by atoms with Crippen molar-refractivity contribution in [3.8, 4) is 0 Å². The van der Waals surface area contributed by atoms with Crippen LogP contribution in [0.2, 0.25) is 0 Å². The van der Waals surface area contributed by atoms with Gasteiger partial charge >= 0.3 is 5.97 Å². The van der Waals surface area contributed by atoms with Crippen molar-refractivity contribution in [2.45, 2.75) is 39.2 Å². The second kappa shape index (κ2) is 4.96. The van der Waals surface area contributed by atoms with E-state index in [2.05, 4.69) is 24.1 Å². The Balaban J connectivity index is 2.12. The third kappa shape index (κ3) is 2.81. The third-order valence-corrected chi connectivity index (χ3v) is 3.52. The van der Waals surface area contributed by atoms with Gasteiger partial charge in [-0.1, -0.05) is 13.8 Å². The Bertz CT molecular complexity index is 443. The zero-order valence-electron chi connectivity index (χ0n) is 11.2. The van der Waals surface area contributed by atoms with Gasteiger partial charge in [0.15, 0.2) is 0 Å². The van der Waals surface area contributed by atoms with Gasteiger partial charge in [0.2, 0.25) is 0 Å². The zero-order chi connectivity index (χ0) is 13.2. The Morgan fingerprint density at radius 3 is 2.94 bits per heavy atom. The van der Waals surface area contributed by atoms with Gasteiger partial charge in [-0.15, -0.1) is 0 Å². The first kappa shape index (κ1) is 12.9. The van der Waals surface area contributed by atoms with Crippen LogP contribution in [0.25, 0.3) is 0 Å². The van der Waals surface area contributed by atoms with Crippen LogP contribution in [0, 0.1) is 5.41 Å². The number of carbonyl (C=O) groups is 1. The number of hydrogen-bond donors (Lipinski definition) is 1. The van der Waals surface area contributed by atoms with Gasteiger partial charge in [-0.25, -0.2) is 9.78 Å². The van der Waals surface area contributed by atoms with Crippen LogP contribution in [-0.4, -0.2) is 24.1 Å². The third-order valence-electron chi connectivity index (χ3n) is 3.52. The fraction of sp³-hybridized carbons (Fsp3) is 0.571. The molecule has 0 bridgehead atoms. The minimum atomic E-state index is -0.345. The summed E-state index contributed by atoms with van der Waals surface area (Å²) in [6.45, 7) is 4.54. The number of rotatable bonds is 3. The Morgan fingerprint density at radius 1 is 1.56 bits per heavy atom. The van der Waals surface area contributed by atoms with Crippen molar-refractivity contribution in [3.05, 3.63) is 23.9 Å². The maximum Gasteiger partial charge on any atom is 0.341 e. The van der Waals surface area contributed by atoms with Crippen LogP contribution in [0.5, 0.6) is 0 Å². The second-order valence-electron chi connectivity index (χ2n) is 5.64. The quantitative estimate of drug-likeness (QED) is 0.836. The first-order valence-corrected chi connectivity index (χ1v) is 6.32. The molecule has 1 N–H and O–H groups in total. The predicted molar refractivity (Wildman–Crippen MR) is 70.6 cm³/mol. The molecule has 4 nitrogen and oxygen atoms in total. The summed E-state index contributed by atoms with van der Waals surface area (Å²) < 4.78 is 4.76. The number of nitrogens with zero attached hydrogens (tertiary/aromatic N) is 1. The Kier molecular flexibility index (Phi) is 3.55. The zero-order valence-corrected chi connectivity index (χ0v) is 11.2. The van der Waals surface area contributed by atoms with Gasteiger partial charge in [-0.05, 0) is 36.8 Å². The molecule has 1 saturated carbocycles. The number of esters is 1. The van der Waals surface area contributed by atoms with E-state index in [1.54, 1.807) is 18.3 Å². The molecular weight excluding hydrogens is 228 g/mol. The number of aromatic nitrogens is 1. The topological polar surface area (TPSA) is 51.2 Å². The molecule has 98 valence electrons. The predicted octanol–water partition coefficient (Wildman–Crippen LogP) is 2.86. The van der Waals surface area contributed by atoms with E-state index in [1.165, 1.54) is 13.5 Å². The summed E-state index contributed by atoms with van der Waals surface area (Å²) in [5, 5.41) is 3.37. The number of carbonyl (C=O) groups excluding carboxylic acids is 1. The summed E-state index contributed by atoms with van der Waals surface area (Å²) in [7, 11) is 1.39. The van der Waals surface area contributed by atoms with Gasteiger partial charge in [-0.3, -0.25) is 0 Å². The highest BCUT2D eigenvalue weighted by atomic mass is 16.5. The molecule has 2 rings (SSSR count). The summed E-state index contributed by atoms with van der Waals surface area (Å²) in [4.78, 5) is 15.9. The normalized spacial score (nSPS) is 21.6. The molecule has 1 fully saturated rings. The number of hydrogen-bond acceptors (Lipinski definition) is 4. The average Bonchev–Trinajstić information content (AvgIpc) is 2.68. The molecule has 1 aliphatic carbocycles. The minimum absolute atomic E-state index is 0.345. The van der Waals surface area contributed by atoms with Gasteiger partial charge in [0, 0.05) is 12.2 Å². The summed E-state index contributed by atoms with van der Waals surface area (Å²) in [5.41, 5.74) is 0.877. The number of methoxy groups -OCH3 is 1. The SMILES string of the molecule is COC(=O)c1cccnc1NC1CCC(C)(C)C1. The summed E-state index contributed by atoms with van der Waals surface area (Å²) in [6.07, 6.45) is 5.11. The van der Waals surface area contributed by atoms with Gasteiger partial charge in [-0.2, -0.15) is 0 Å². The molecule has 0 amide bonds. The Hall–Kier alpha value is -1.58. The standard InChI is InChI=1S/C14H20N2O2/c1-14(2)7-6-10(9-14)16-12-11(13(17)18-3)5-4-8-15-12/h4-5,8,10H,6-7,9H2,1-3H3,(H,15,16). The molecule has 1 atom stereocenters. The van der Waals surface area contributed by atoms with Crippen molar-refractivity contribution in [1.29, 1.82) is 0 Å². The molecule has 18 heavy (non-hydrogen) atoms. The first-order valence-electron chi connectivity index (χ1n) is 6.32.